The van der Waals surface area contributed by atoms with Gasteiger partial charge in [-0.05, 0) is 25.7 Å². The zero-order chi connectivity index (χ0) is 14.2. The van der Waals surface area contributed by atoms with E-state index >= 15 is 0 Å². The number of likely N-dealkylation sites (tertiary alicyclic amines) is 1. The van der Waals surface area contributed by atoms with Crippen LogP contribution in [0.2, 0.25) is 0 Å². The van der Waals surface area contributed by atoms with Gasteiger partial charge in [0, 0.05) is 45.3 Å². The number of amides is 2. The molecule has 20 heavy (non-hydrogen) atoms. The maximum absolute atomic E-state index is 11.8. The smallest absolute Gasteiger partial charge is 0.234 e. The van der Waals surface area contributed by atoms with Gasteiger partial charge in [0.1, 0.15) is 0 Å². The number of nitrogens with one attached hydrogen (secondary N) is 2. The first-order valence-corrected chi connectivity index (χ1v) is 7.61. The Morgan fingerprint density at radius 3 is 2.55 bits per heavy atom. The molecule has 0 aromatic carbocycles. The van der Waals surface area contributed by atoms with E-state index in [1.807, 2.05) is 4.90 Å². The molecule has 0 saturated carbocycles. The third-order valence-corrected chi connectivity index (χ3v) is 3.85. The Hall–Kier alpha value is -1.14. The van der Waals surface area contributed by atoms with Crippen molar-refractivity contribution in [3.05, 3.63) is 0 Å². The average molecular weight is 283 g/mol. The molecule has 6 heteroatoms. The van der Waals surface area contributed by atoms with E-state index in [1.54, 1.807) is 0 Å². The summed E-state index contributed by atoms with van der Waals surface area (Å²) in [6, 6.07) is 0.240. The van der Waals surface area contributed by atoms with Crippen LogP contribution in [-0.4, -0.2) is 62.1 Å². The molecule has 0 aromatic heterocycles. The summed E-state index contributed by atoms with van der Waals surface area (Å²) in [5.74, 6) is 0.199. The van der Waals surface area contributed by atoms with Crippen LogP contribution in [0.4, 0.5) is 0 Å². The minimum atomic E-state index is 0.00511. The van der Waals surface area contributed by atoms with Crippen molar-refractivity contribution in [2.45, 2.75) is 38.1 Å². The van der Waals surface area contributed by atoms with Crippen molar-refractivity contribution >= 4 is 11.8 Å². The van der Waals surface area contributed by atoms with Crippen LogP contribution in [0.1, 0.15) is 32.1 Å². The monoisotopic (exact) mass is 283 g/mol. The van der Waals surface area contributed by atoms with Gasteiger partial charge in [0.25, 0.3) is 0 Å². The van der Waals surface area contributed by atoms with Gasteiger partial charge >= 0.3 is 0 Å². The molecule has 2 N–H and O–H groups in total. The van der Waals surface area contributed by atoms with Crippen molar-refractivity contribution in [1.29, 1.82) is 0 Å². The van der Waals surface area contributed by atoms with E-state index in [-0.39, 0.29) is 24.4 Å². The Morgan fingerprint density at radius 1 is 1.15 bits per heavy atom. The van der Waals surface area contributed by atoms with Gasteiger partial charge in [-0.15, -0.1) is 0 Å². The van der Waals surface area contributed by atoms with Crippen LogP contribution in [0.3, 0.4) is 0 Å². The van der Waals surface area contributed by atoms with E-state index in [2.05, 4.69) is 10.6 Å². The highest BCUT2D eigenvalue weighted by Gasteiger charge is 2.18. The molecule has 2 fully saturated rings. The number of hydrogen-bond acceptors (Lipinski definition) is 4. The number of carbonyl (C=O) groups excluding carboxylic acids is 2. The van der Waals surface area contributed by atoms with Gasteiger partial charge in [-0.2, -0.15) is 0 Å². The van der Waals surface area contributed by atoms with Gasteiger partial charge in [-0.3, -0.25) is 9.59 Å². The van der Waals surface area contributed by atoms with Crippen molar-refractivity contribution in [1.82, 2.24) is 15.5 Å². The van der Waals surface area contributed by atoms with E-state index in [9.17, 15) is 9.59 Å². The van der Waals surface area contributed by atoms with Gasteiger partial charge in [-0.25, -0.2) is 0 Å². The molecular formula is C14H25N3O3. The molecule has 2 heterocycles. The number of nitrogens with zero attached hydrogens (tertiary/aromatic N) is 1. The summed E-state index contributed by atoms with van der Waals surface area (Å²) in [5, 5.41) is 6.02. The van der Waals surface area contributed by atoms with E-state index in [0.717, 1.165) is 52.0 Å². The molecule has 0 unspecified atom stereocenters. The van der Waals surface area contributed by atoms with Crippen LogP contribution in [0, 0.1) is 0 Å². The molecule has 0 spiro atoms. The third-order valence-electron chi connectivity index (χ3n) is 3.85. The van der Waals surface area contributed by atoms with E-state index in [0.29, 0.717) is 13.0 Å². The second kappa shape index (κ2) is 8.21. The Bertz CT molecular complexity index is 324. The molecule has 0 atom stereocenters. The summed E-state index contributed by atoms with van der Waals surface area (Å²) in [5.41, 5.74) is 0. The number of hydrogen-bond donors (Lipinski definition) is 2. The van der Waals surface area contributed by atoms with Gasteiger partial charge in [0.15, 0.2) is 0 Å². The first kappa shape index (κ1) is 15.3. The molecule has 0 radical (unpaired) electrons. The van der Waals surface area contributed by atoms with Crippen molar-refractivity contribution in [2.24, 2.45) is 0 Å². The molecule has 2 rings (SSSR count). The highest BCUT2D eigenvalue weighted by Crippen LogP contribution is 2.08. The van der Waals surface area contributed by atoms with Crippen LogP contribution < -0.4 is 10.6 Å². The molecule has 2 amide bonds. The van der Waals surface area contributed by atoms with E-state index in [4.69, 9.17) is 4.74 Å². The first-order valence-electron chi connectivity index (χ1n) is 7.61. The predicted molar refractivity (Wildman–Crippen MR) is 75.3 cm³/mol. The largest absolute Gasteiger partial charge is 0.381 e. The molecule has 2 saturated heterocycles. The number of ether oxygens (including phenoxy) is 1. The summed E-state index contributed by atoms with van der Waals surface area (Å²) < 4.78 is 5.25. The highest BCUT2D eigenvalue weighted by molar-refractivity contribution is 5.79. The molecule has 0 bridgehead atoms. The maximum atomic E-state index is 11.8. The van der Waals surface area contributed by atoms with Crippen LogP contribution >= 0.6 is 0 Å². The van der Waals surface area contributed by atoms with Crippen molar-refractivity contribution in [3.8, 4) is 0 Å². The van der Waals surface area contributed by atoms with Crippen LogP contribution in [0.5, 0.6) is 0 Å². The van der Waals surface area contributed by atoms with E-state index in [1.165, 1.54) is 0 Å². The molecule has 0 aliphatic carbocycles. The Morgan fingerprint density at radius 2 is 1.85 bits per heavy atom. The zero-order valence-electron chi connectivity index (χ0n) is 12.0. The van der Waals surface area contributed by atoms with E-state index < -0.39 is 0 Å². The fourth-order valence-electron chi connectivity index (χ4n) is 2.64. The summed E-state index contributed by atoms with van der Waals surface area (Å²) in [7, 11) is 0. The molecule has 2 aliphatic heterocycles. The fraction of sp³-hybridized carbons (Fsp3) is 0.857. The third kappa shape index (κ3) is 5.09. The molecule has 0 aromatic rings. The topological polar surface area (TPSA) is 70.7 Å². The Balaban J connectivity index is 1.51. The van der Waals surface area contributed by atoms with Crippen molar-refractivity contribution in [2.75, 3.05) is 39.4 Å². The lowest BCUT2D eigenvalue weighted by Crippen LogP contribution is -2.43. The highest BCUT2D eigenvalue weighted by atomic mass is 16.5. The van der Waals surface area contributed by atoms with Crippen LogP contribution in [0.15, 0.2) is 0 Å². The van der Waals surface area contributed by atoms with Gasteiger partial charge in [0.05, 0.1) is 6.54 Å². The van der Waals surface area contributed by atoms with Gasteiger partial charge in [0.2, 0.25) is 11.8 Å². The lowest BCUT2D eigenvalue weighted by atomic mass is 10.1. The van der Waals surface area contributed by atoms with Gasteiger partial charge in [-0.1, -0.05) is 0 Å². The number of rotatable bonds is 6. The Labute approximate surface area is 120 Å². The zero-order valence-corrected chi connectivity index (χ0v) is 12.0. The molecule has 6 nitrogen and oxygen atoms in total. The molecule has 2 aliphatic rings. The minimum absolute atomic E-state index is 0.00511. The maximum Gasteiger partial charge on any atom is 0.234 e. The predicted octanol–water partition coefficient (Wildman–Crippen LogP) is -0.116. The van der Waals surface area contributed by atoms with Gasteiger partial charge < -0.3 is 20.3 Å². The summed E-state index contributed by atoms with van der Waals surface area (Å²) in [6.07, 6.45) is 4.49. The standard InChI is InChI=1S/C14H25N3O3/c18-13(16-12-4-9-20-10-5-12)11-15-6-3-14(19)17-7-1-2-8-17/h12,15H,1-11H2,(H,16,18). The quantitative estimate of drug-likeness (QED) is 0.667. The lowest BCUT2D eigenvalue weighted by molar-refractivity contribution is -0.130. The second-order valence-electron chi connectivity index (χ2n) is 5.47. The first-order chi connectivity index (χ1) is 9.75. The molecule has 114 valence electrons. The SMILES string of the molecule is O=C(CNCCC(=O)N1CCCC1)NC1CCOCC1. The summed E-state index contributed by atoms with van der Waals surface area (Å²) in [6.45, 7) is 4.08. The Kier molecular flexibility index (Phi) is 6.26. The van der Waals surface area contributed by atoms with Crippen LogP contribution in [0.25, 0.3) is 0 Å². The minimum Gasteiger partial charge on any atom is -0.381 e. The van der Waals surface area contributed by atoms with Crippen molar-refractivity contribution < 1.29 is 14.3 Å². The van der Waals surface area contributed by atoms with Crippen LogP contribution in [-0.2, 0) is 14.3 Å². The summed E-state index contributed by atoms with van der Waals surface area (Å²) >= 11 is 0. The van der Waals surface area contributed by atoms with Crippen molar-refractivity contribution in [3.63, 3.8) is 0 Å². The average Bonchev–Trinajstić information content (AvgIpc) is 2.99. The number of carbonyl (C=O) groups is 2. The lowest BCUT2D eigenvalue weighted by Gasteiger charge is -2.23. The second-order valence-corrected chi connectivity index (χ2v) is 5.47. The normalized spacial score (nSPS) is 20.1. The fourth-order valence-corrected chi connectivity index (χ4v) is 2.64. The molecular weight excluding hydrogens is 258 g/mol. The summed E-state index contributed by atoms with van der Waals surface area (Å²) in [4.78, 5) is 25.4.